The fourth-order valence-electron chi connectivity index (χ4n) is 1.05. The monoisotopic (exact) mass is 322 g/mol. The van der Waals surface area contributed by atoms with Crippen molar-refractivity contribution >= 4 is 65.9 Å². The molecule has 2 aromatic rings. The molecule has 0 aliphatic rings. The summed E-state index contributed by atoms with van der Waals surface area (Å²) in [7, 11) is 0. The zero-order chi connectivity index (χ0) is 8.72. The smallest absolute Gasteiger partial charge is 0.0496 e. The Labute approximate surface area is 96.6 Å². The molecule has 0 aliphatic carbocycles. The number of benzene rings is 1. The predicted octanol–water partition coefficient (Wildman–Crippen LogP) is 4.72. The van der Waals surface area contributed by atoms with Crippen molar-refractivity contribution in [1.82, 2.24) is 0 Å². The number of thiophene rings is 1. The normalized spacial score (nSPS) is 10.9. The average molecular weight is 324 g/mol. The highest BCUT2D eigenvalue weighted by atomic mass is 79.9. The molecule has 0 fully saturated rings. The minimum absolute atomic E-state index is 0.966. The molecule has 0 radical (unpaired) electrons. The van der Waals surface area contributed by atoms with Gasteiger partial charge in [-0.2, -0.15) is 0 Å². The van der Waals surface area contributed by atoms with E-state index in [4.69, 9.17) is 0 Å². The molecule has 4 heteroatoms. The van der Waals surface area contributed by atoms with Gasteiger partial charge in [0.25, 0.3) is 0 Å². The van der Waals surface area contributed by atoms with Crippen molar-refractivity contribution in [3.05, 3.63) is 26.5 Å². The molecule has 0 nitrogen and oxygen atoms in total. The first-order valence-corrected chi connectivity index (χ1v) is 6.15. The Kier molecular flexibility index (Phi) is 2.51. The number of fused-ring (bicyclic) bond motifs is 1. The molecule has 0 atom stereocenters. The molecule has 1 heterocycles. The lowest BCUT2D eigenvalue weighted by Crippen LogP contribution is -1.73. The second-order valence-corrected chi connectivity index (χ2v) is 5.40. The molecule has 0 N–H and O–H groups in total. The van der Waals surface area contributed by atoms with Gasteiger partial charge >= 0.3 is 0 Å². The van der Waals surface area contributed by atoms with Crippen LogP contribution >= 0.6 is 55.8 Å². The largest absolute Gasteiger partial charge is 0.143 e. The molecule has 0 spiro atoms. The summed E-state index contributed by atoms with van der Waals surface area (Å²) in [5.74, 6) is 0. The first kappa shape index (κ1) is 9.06. The summed E-state index contributed by atoms with van der Waals surface area (Å²) < 4.78 is 3.45. The lowest BCUT2D eigenvalue weighted by atomic mass is 10.3. The van der Waals surface area contributed by atoms with Crippen LogP contribution in [0.5, 0.6) is 0 Å². The summed E-state index contributed by atoms with van der Waals surface area (Å²) in [6.45, 7) is 0. The summed E-state index contributed by atoms with van der Waals surface area (Å²) in [4.78, 5) is 0.966. The molecule has 12 heavy (non-hydrogen) atoms. The van der Waals surface area contributed by atoms with Crippen LogP contribution in [0.25, 0.3) is 10.1 Å². The maximum Gasteiger partial charge on any atom is 0.0496 e. The van der Waals surface area contributed by atoms with Crippen molar-refractivity contribution in [2.24, 2.45) is 0 Å². The second-order valence-electron chi connectivity index (χ2n) is 2.35. The van der Waals surface area contributed by atoms with E-state index < -0.39 is 0 Å². The van der Waals surface area contributed by atoms with Gasteiger partial charge in [0.05, 0.1) is 0 Å². The molecule has 0 bridgehead atoms. The van der Waals surface area contributed by atoms with Crippen LogP contribution < -0.4 is 0 Å². The first-order chi connectivity index (χ1) is 5.70. The lowest BCUT2D eigenvalue weighted by molar-refractivity contribution is 1.46. The van der Waals surface area contributed by atoms with E-state index in [-0.39, 0.29) is 0 Å². The maximum atomic E-state index is 4.35. The van der Waals surface area contributed by atoms with Crippen LogP contribution in [-0.4, -0.2) is 0 Å². The topological polar surface area (TPSA) is 0 Å². The molecule has 0 saturated heterocycles. The SMILES string of the molecule is Sc1cc(Br)c2sccc2c1Br. The summed E-state index contributed by atoms with van der Waals surface area (Å²) in [6, 6.07) is 4.10. The Hall–Kier alpha value is 0.490. The number of halogens is 2. The minimum atomic E-state index is 0.966. The third-order valence-electron chi connectivity index (χ3n) is 1.61. The van der Waals surface area contributed by atoms with Crippen LogP contribution in [0.3, 0.4) is 0 Å². The van der Waals surface area contributed by atoms with Gasteiger partial charge in [0.2, 0.25) is 0 Å². The van der Waals surface area contributed by atoms with Crippen molar-refractivity contribution in [2.75, 3.05) is 0 Å². The van der Waals surface area contributed by atoms with Crippen LogP contribution in [0.4, 0.5) is 0 Å². The van der Waals surface area contributed by atoms with Gasteiger partial charge in [-0.15, -0.1) is 24.0 Å². The van der Waals surface area contributed by atoms with Crippen LogP contribution in [0, 0.1) is 0 Å². The van der Waals surface area contributed by atoms with Crippen molar-refractivity contribution < 1.29 is 0 Å². The molecule has 0 aliphatic heterocycles. The van der Waals surface area contributed by atoms with Crippen LogP contribution in [0.1, 0.15) is 0 Å². The molecule has 0 amide bonds. The van der Waals surface area contributed by atoms with E-state index in [0.29, 0.717) is 0 Å². The number of hydrogen-bond donors (Lipinski definition) is 1. The van der Waals surface area contributed by atoms with E-state index in [0.717, 1.165) is 13.8 Å². The van der Waals surface area contributed by atoms with Crippen molar-refractivity contribution in [3.63, 3.8) is 0 Å². The van der Waals surface area contributed by atoms with E-state index in [2.05, 4.69) is 55.9 Å². The molecule has 1 aromatic carbocycles. The molecule has 1 aromatic heterocycles. The maximum absolute atomic E-state index is 4.35. The van der Waals surface area contributed by atoms with E-state index in [1.54, 1.807) is 11.3 Å². The fraction of sp³-hybridized carbons (Fsp3) is 0. The van der Waals surface area contributed by atoms with Gasteiger partial charge in [-0.3, -0.25) is 0 Å². The Morgan fingerprint density at radius 3 is 2.83 bits per heavy atom. The zero-order valence-corrected chi connectivity index (χ0v) is 10.7. The molecule has 62 valence electrons. The lowest BCUT2D eigenvalue weighted by Gasteiger charge is -2.00. The third kappa shape index (κ3) is 1.35. The number of hydrogen-bond acceptors (Lipinski definition) is 2. The molecule has 0 unspecified atom stereocenters. The standard InChI is InChI=1S/C8H4Br2S2/c9-5-3-6(11)7(10)4-1-2-12-8(4)5/h1-3,11H. The summed E-state index contributed by atoms with van der Waals surface area (Å²) in [5, 5.41) is 3.30. The first-order valence-electron chi connectivity index (χ1n) is 3.24. The zero-order valence-electron chi connectivity index (χ0n) is 5.84. The fourth-order valence-corrected chi connectivity index (χ4v) is 3.59. The third-order valence-corrected chi connectivity index (χ3v) is 4.96. The van der Waals surface area contributed by atoms with E-state index >= 15 is 0 Å². The van der Waals surface area contributed by atoms with Gasteiger partial charge in [-0.1, -0.05) is 0 Å². The Bertz CT molecular complexity index is 434. The summed E-state index contributed by atoms with van der Waals surface area (Å²) in [6.07, 6.45) is 0. The highest BCUT2D eigenvalue weighted by Crippen LogP contribution is 2.38. The minimum Gasteiger partial charge on any atom is -0.143 e. The van der Waals surface area contributed by atoms with Gasteiger partial charge in [0.15, 0.2) is 0 Å². The number of rotatable bonds is 0. The van der Waals surface area contributed by atoms with Crippen molar-refractivity contribution in [3.8, 4) is 0 Å². The van der Waals surface area contributed by atoms with Gasteiger partial charge < -0.3 is 0 Å². The van der Waals surface area contributed by atoms with Crippen LogP contribution in [0.15, 0.2) is 31.4 Å². The Balaban J connectivity index is 2.97. The van der Waals surface area contributed by atoms with Crippen molar-refractivity contribution in [1.29, 1.82) is 0 Å². The molecular weight excluding hydrogens is 320 g/mol. The number of thiol groups is 1. The van der Waals surface area contributed by atoms with Crippen LogP contribution in [-0.2, 0) is 0 Å². The van der Waals surface area contributed by atoms with Crippen molar-refractivity contribution in [2.45, 2.75) is 4.90 Å². The summed E-state index contributed by atoms with van der Waals surface area (Å²) >= 11 is 13.1. The van der Waals surface area contributed by atoms with Gasteiger partial charge in [0, 0.05) is 23.9 Å². The predicted molar refractivity (Wildman–Crippen MR) is 64.5 cm³/mol. The molecule has 2 rings (SSSR count). The van der Waals surface area contributed by atoms with E-state index in [1.165, 1.54) is 10.1 Å². The Morgan fingerprint density at radius 2 is 2.08 bits per heavy atom. The summed E-state index contributed by atoms with van der Waals surface area (Å²) in [5.41, 5.74) is 0. The van der Waals surface area contributed by atoms with Gasteiger partial charge in [0.1, 0.15) is 0 Å². The van der Waals surface area contributed by atoms with Gasteiger partial charge in [-0.25, -0.2) is 0 Å². The van der Waals surface area contributed by atoms with E-state index in [9.17, 15) is 0 Å². The average Bonchev–Trinajstić information content (AvgIpc) is 2.48. The molecular formula is C8H4Br2S2. The highest BCUT2D eigenvalue weighted by Gasteiger charge is 2.06. The highest BCUT2D eigenvalue weighted by molar-refractivity contribution is 9.11. The van der Waals surface area contributed by atoms with E-state index in [1.807, 2.05) is 6.07 Å². The van der Waals surface area contributed by atoms with Crippen LogP contribution in [0.2, 0.25) is 0 Å². The quantitative estimate of drug-likeness (QED) is 0.667. The second kappa shape index (κ2) is 3.33. The Morgan fingerprint density at radius 1 is 1.33 bits per heavy atom. The molecule has 0 saturated carbocycles. The van der Waals surface area contributed by atoms with Gasteiger partial charge in [-0.05, 0) is 49.4 Å².